The van der Waals surface area contributed by atoms with Crippen molar-refractivity contribution in [1.82, 2.24) is 20.0 Å². The lowest BCUT2D eigenvalue weighted by atomic mass is 9.92. The molecule has 1 saturated heterocycles. The zero-order valence-electron chi connectivity index (χ0n) is 15.7. The van der Waals surface area contributed by atoms with Gasteiger partial charge in [0.05, 0.1) is 11.8 Å². The lowest BCUT2D eigenvalue weighted by Gasteiger charge is -2.34. The molecule has 1 aliphatic carbocycles. The maximum Gasteiger partial charge on any atom is 0.257 e. The maximum atomic E-state index is 12.7. The Balaban J connectivity index is 1.53. The summed E-state index contributed by atoms with van der Waals surface area (Å²) in [6.45, 7) is 3.62. The SMILES string of the molecule is CC(N)C1CCCN(C(=O)c2cnn(CC(=O)NC3CCCCC3)c2)C1. The smallest absolute Gasteiger partial charge is 0.257 e. The molecule has 0 aromatic carbocycles. The van der Waals surface area contributed by atoms with Gasteiger partial charge in [-0.2, -0.15) is 5.10 Å². The predicted molar refractivity (Wildman–Crippen MR) is 99.5 cm³/mol. The summed E-state index contributed by atoms with van der Waals surface area (Å²) in [4.78, 5) is 26.8. The first kappa shape index (κ1) is 18.9. The molecule has 1 saturated carbocycles. The number of aromatic nitrogens is 2. The van der Waals surface area contributed by atoms with E-state index in [0.717, 1.165) is 32.2 Å². The topological polar surface area (TPSA) is 93.2 Å². The Morgan fingerprint density at radius 3 is 2.77 bits per heavy atom. The Morgan fingerprint density at radius 2 is 2.04 bits per heavy atom. The van der Waals surface area contributed by atoms with Gasteiger partial charge in [-0.1, -0.05) is 19.3 Å². The van der Waals surface area contributed by atoms with E-state index in [1.807, 2.05) is 11.8 Å². The fourth-order valence-corrected chi connectivity index (χ4v) is 4.03. The zero-order chi connectivity index (χ0) is 18.5. The standard InChI is InChI=1S/C19H31N5O2/c1-14(20)15-6-5-9-23(11-15)19(26)16-10-21-24(12-16)13-18(25)22-17-7-3-2-4-8-17/h10,12,14-15,17H,2-9,11,13,20H2,1H3,(H,22,25). The van der Waals surface area contributed by atoms with E-state index in [-0.39, 0.29) is 30.4 Å². The van der Waals surface area contributed by atoms with Gasteiger partial charge < -0.3 is 16.0 Å². The number of nitrogens with one attached hydrogen (secondary N) is 1. The lowest BCUT2D eigenvalue weighted by molar-refractivity contribution is -0.122. The van der Waals surface area contributed by atoms with Crippen LogP contribution in [0.15, 0.2) is 12.4 Å². The molecule has 0 radical (unpaired) electrons. The van der Waals surface area contributed by atoms with E-state index in [9.17, 15) is 9.59 Å². The van der Waals surface area contributed by atoms with Crippen molar-refractivity contribution in [3.05, 3.63) is 18.0 Å². The molecule has 1 aliphatic heterocycles. The van der Waals surface area contributed by atoms with Crippen molar-refractivity contribution >= 4 is 11.8 Å². The Kier molecular flexibility index (Phi) is 6.29. The van der Waals surface area contributed by atoms with E-state index in [2.05, 4.69) is 10.4 Å². The molecule has 0 bridgehead atoms. The molecule has 2 atom stereocenters. The van der Waals surface area contributed by atoms with Crippen molar-refractivity contribution in [3.63, 3.8) is 0 Å². The van der Waals surface area contributed by atoms with Gasteiger partial charge >= 0.3 is 0 Å². The third-order valence-corrected chi connectivity index (χ3v) is 5.64. The highest BCUT2D eigenvalue weighted by molar-refractivity contribution is 5.93. The van der Waals surface area contributed by atoms with E-state index >= 15 is 0 Å². The van der Waals surface area contributed by atoms with Gasteiger partial charge in [0.25, 0.3) is 5.91 Å². The van der Waals surface area contributed by atoms with E-state index in [1.54, 1.807) is 17.1 Å². The van der Waals surface area contributed by atoms with Crippen LogP contribution in [0.4, 0.5) is 0 Å². The van der Waals surface area contributed by atoms with Gasteiger partial charge in [0.2, 0.25) is 5.91 Å². The summed E-state index contributed by atoms with van der Waals surface area (Å²) in [6.07, 6.45) is 11.0. The minimum Gasteiger partial charge on any atom is -0.352 e. The molecule has 0 spiro atoms. The molecule has 2 aliphatic rings. The number of carbonyl (C=O) groups is 2. The highest BCUT2D eigenvalue weighted by Gasteiger charge is 2.27. The molecular formula is C19H31N5O2. The molecular weight excluding hydrogens is 330 g/mol. The summed E-state index contributed by atoms with van der Waals surface area (Å²) < 4.78 is 1.55. The number of nitrogens with zero attached hydrogens (tertiary/aromatic N) is 3. The average molecular weight is 361 g/mol. The molecule has 26 heavy (non-hydrogen) atoms. The van der Waals surface area contributed by atoms with Gasteiger partial charge in [0, 0.05) is 31.4 Å². The van der Waals surface area contributed by atoms with Crippen LogP contribution in [0.2, 0.25) is 0 Å². The molecule has 2 amide bonds. The summed E-state index contributed by atoms with van der Waals surface area (Å²) in [5.74, 6) is 0.298. The molecule has 2 unspecified atom stereocenters. The normalized spacial score (nSPS) is 22.8. The molecule has 1 aromatic heterocycles. The predicted octanol–water partition coefficient (Wildman–Crippen LogP) is 1.53. The summed E-state index contributed by atoms with van der Waals surface area (Å²) in [5.41, 5.74) is 6.55. The highest BCUT2D eigenvalue weighted by atomic mass is 16.2. The van der Waals surface area contributed by atoms with Gasteiger partial charge in [0.15, 0.2) is 0 Å². The first-order chi connectivity index (χ1) is 12.5. The van der Waals surface area contributed by atoms with Crippen LogP contribution in [-0.4, -0.2) is 51.7 Å². The summed E-state index contributed by atoms with van der Waals surface area (Å²) in [6, 6.07) is 0.383. The maximum absolute atomic E-state index is 12.7. The largest absolute Gasteiger partial charge is 0.352 e. The van der Waals surface area contributed by atoms with Crippen LogP contribution in [0.3, 0.4) is 0 Å². The fourth-order valence-electron chi connectivity index (χ4n) is 4.03. The second kappa shape index (κ2) is 8.66. The van der Waals surface area contributed by atoms with Crippen molar-refractivity contribution in [1.29, 1.82) is 0 Å². The van der Waals surface area contributed by atoms with Gasteiger partial charge in [-0.25, -0.2) is 0 Å². The third kappa shape index (κ3) is 4.84. The number of likely N-dealkylation sites (tertiary alicyclic amines) is 1. The number of carbonyl (C=O) groups excluding carboxylic acids is 2. The zero-order valence-corrected chi connectivity index (χ0v) is 15.7. The van der Waals surface area contributed by atoms with E-state index in [0.29, 0.717) is 18.0 Å². The van der Waals surface area contributed by atoms with E-state index in [4.69, 9.17) is 5.73 Å². The fraction of sp³-hybridized carbons (Fsp3) is 0.737. The Labute approximate surface area is 155 Å². The van der Waals surface area contributed by atoms with Gasteiger partial charge in [-0.15, -0.1) is 0 Å². The molecule has 2 heterocycles. The van der Waals surface area contributed by atoms with Crippen molar-refractivity contribution in [3.8, 4) is 0 Å². The van der Waals surface area contributed by atoms with Crippen molar-refractivity contribution in [2.24, 2.45) is 11.7 Å². The van der Waals surface area contributed by atoms with Crippen LogP contribution in [0.5, 0.6) is 0 Å². The van der Waals surface area contributed by atoms with Crippen LogP contribution in [-0.2, 0) is 11.3 Å². The molecule has 144 valence electrons. The van der Waals surface area contributed by atoms with Crippen molar-refractivity contribution in [2.45, 2.75) is 70.5 Å². The average Bonchev–Trinajstić information content (AvgIpc) is 3.10. The minimum absolute atomic E-state index is 0.0192. The van der Waals surface area contributed by atoms with Crippen LogP contribution >= 0.6 is 0 Å². The van der Waals surface area contributed by atoms with E-state index in [1.165, 1.54) is 19.3 Å². The first-order valence-corrected chi connectivity index (χ1v) is 9.89. The molecule has 7 nitrogen and oxygen atoms in total. The Morgan fingerprint density at radius 1 is 1.27 bits per heavy atom. The Hall–Kier alpha value is -1.89. The highest BCUT2D eigenvalue weighted by Crippen LogP contribution is 2.20. The van der Waals surface area contributed by atoms with Gasteiger partial charge in [-0.05, 0) is 38.5 Å². The molecule has 7 heteroatoms. The minimum atomic E-state index is -0.0333. The summed E-state index contributed by atoms with van der Waals surface area (Å²) in [5, 5.41) is 7.28. The number of rotatable bonds is 5. The number of piperidine rings is 1. The summed E-state index contributed by atoms with van der Waals surface area (Å²) >= 11 is 0. The van der Waals surface area contributed by atoms with Crippen molar-refractivity contribution in [2.75, 3.05) is 13.1 Å². The second-order valence-electron chi connectivity index (χ2n) is 7.84. The molecule has 2 fully saturated rings. The lowest BCUT2D eigenvalue weighted by Crippen LogP contribution is -2.45. The van der Waals surface area contributed by atoms with Gasteiger partial charge in [0.1, 0.15) is 6.54 Å². The van der Waals surface area contributed by atoms with Crippen LogP contribution in [0, 0.1) is 5.92 Å². The molecule has 1 aromatic rings. The number of hydrogen-bond acceptors (Lipinski definition) is 4. The van der Waals surface area contributed by atoms with E-state index < -0.39 is 0 Å². The van der Waals surface area contributed by atoms with Crippen LogP contribution < -0.4 is 11.1 Å². The monoisotopic (exact) mass is 361 g/mol. The third-order valence-electron chi connectivity index (χ3n) is 5.64. The quantitative estimate of drug-likeness (QED) is 0.832. The van der Waals surface area contributed by atoms with Crippen molar-refractivity contribution < 1.29 is 9.59 Å². The number of amides is 2. The first-order valence-electron chi connectivity index (χ1n) is 9.89. The Bertz CT molecular complexity index is 621. The molecule has 3 N–H and O–H groups in total. The van der Waals surface area contributed by atoms with Crippen LogP contribution in [0.1, 0.15) is 62.2 Å². The van der Waals surface area contributed by atoms with Gasteiger partial charge in [-0.3, -0.25) is 14.3 Å². The number of nitrogens with two attached hydrogens (primary N) is 1. The number of hydrogen-bond donors (Lipinski definition) is 2. The second-order valence-corrected chi connectivity index (χ2v) is 7.84. The molecule has 3 rings (SSSR count). The summed E-state index contributed by atoms with van der Waals surface area (Å²) in [7, 11) is 0. The van der Waals surface area contributed by atoms with Crippen LogP contribution in [0.25, 0.3) is 0 Å².